The number of ether oxygens (including phenoxy) is 1. The topological polar surface area (TPSA) is 50.4 Å². The summed E-state index contributed by atoms with van der Waals surface area (Å²) in [5, 5.41) is 6.47. The van der Waals surface area contributed by atoms with Gasteiger partial charge in [0.1, 0.15) is 5.75 Å². The lowest BCUT2D eigenvalue weighted by molar-refractivity contribution is -0.114. The molecule has 0 fully saturated rings. The van der Waals surface area contributed by atoms with Crippen molar-refractivity contribution in [1.29, 1.82) is 0 Å². The van der Waals surface area contributed by atoms with E-state index in [1.807, 2.05) is 30.3 Å². The third-order valence-electron chi connectivity index (χ3n) is 2.65. The minimum atomic E-state index is -0.131. The third kappa shape index (κ3) is 4.17. The quantitative estimate of drug-likeness (QED) is 0.887. The van der Waals surface area contributed by atoms with E-state index in [2.05, 4.69) is 10.6 Å². The Morgan fingerprint density at radius 2 is 1.90 bits per heavy atom. The first-order chi connectivity index (χ1) is 9.67. The van der Waals surface area contributed by atoms with Crippen LogP contribution in [-0.2, 0) is 4.79 Å². The van der Waals surface area contributed by atoms with Crippen LogP contribution in [0.1, 0.15) is 0 Å². The second-order valence-electron chi connectivity index (χ2n) is 4.14. The highest BCUT2D eigenvalue weighted by Gasteiger charge is 2.03. The molecule has 0 unspecified atom stereocenters. The highest BCUT2D eigenvalue weighted by atomic mass is 35.5. The lowest BCUT2D eigenvalue weighted by atomic mass is 10.3. The van der Waals surface area contributed by atoms with Crippen molar-refractivity contribution in [2.24, 2.45) is 0 Å². The van der Waals surface area contributed by atoms with E-state index in [4.69, 9.17) is 16.3 Å². The second-order valence-corrected chi connectivity index (χ2v) is 4.58. The van der Waals surface area contributed by atoms with E-state index in [1.54, 1.807) is 25.3 Å². The van der Waals surface area contributed by atoms with Gasteiger partial charge in [0.2, 0.25) is 5.91 Å². The molecule has 20 heavy (non-hydrogen) atoms. The average molecular weight is 291 g/mol. The first-order valence-corrected chi connectivity index (χ1v) is 6.48. The number of carbonyl (C=O) groups excluding carboxylic acids is 1. The monoisotopic (exact) mass is 290 g/mol. The smallest absolute Gasteiger partial charge is 0.243 e. The summed E-state index contributed by atoms with van der Waals surface area (Å²) in [6, 6.07) is 14.4. The van der Waals surface area contributed by atoms with Gasteiger partial charge in [-0.3, -0.25) is 4.79 Å². The SMILES string of the molecule is COc1cccc(NC(=O)CNc2ccc(Cl)cc2)c1. The van der Waals surface area contributed by atoms with Crippen LogP contribution < -0.4 is 15.4 Å². The predicted molar refractivity (Wildman–Crippen MR) is 81.6 cm³/mol. The van der Waals surface area contributed by atoms with Crippen molar-refractivity contribution < 1.29 is 9.53 Å². The van der Waals surface area contributed by atoms with Gasteiger partial charge in [-0.1, -0.05) is 17.7 Å². The van der Waals surface area contributed by atoms with Gasteiger partial charge in [-0.05, 0) is 36.4 Å². The van der Waals surface area contributed by atoms with Crippen molar-refractivity contribution in [1.82, 2.24) is 0 Å². The van der Waals surface area contributed by atoms with Crippen LogP contribution in [0.3, 0.4) is 0 Å². The van der Waals surface area contributed by atoms with E-state index in [0.29, 0.717) is 16.5 Å². The first-order valence-electron chi connectivity index (χ1n) is 6.11. The molecule has 0 radical (unpaired) electrons. The number of halogens is 1. The van der Waals surface area contributed by atoms with Crippen LogP contribution in [0.25, 0.3) is 0 Å². The molecular weight excluding hydrogens is 276 g/mol. The van der Waals surface area contributed by atoms with Crippen LogP contribution in [0.2, 0.25) is 5.02 Å². The molecule has 0 saturated heterocycles. The lowest BCUT2D eigenvalue weighted by Crippen LogP contribution is -2.21. The third-order valence-corrected chi connectivity index (χ3v) is 2.90. The lowest BCUT2D eigenvalue weighted by Gasteiger charge is -2.09. The van der Waals surface area contributed by atoms with Gasteiger partial charge in [-0.2, -0.15) is 0 Å². The molecule has 0 bridgehead atoms. The zero-order chi connectivity index (χ0) is 14.4. The van der Waals surface area contributed by atoms with E-state index >= 15 is 0 Å². The Morgan fingerprint density at radius 3 is 2.60 bits per heavy atom. The zero-order valence-corrected chi connectivity index (χ0v) is 11.8. The number of hydrogen-bond acceptors (Lipinski definition) is 3. The average Bonchev–Trinajstić information content (AvgIpc) is 2.47. The number of amides is 1. The Bertz CT molecular complexity index is 585. The van der Waals surface area contributed by atoms with Crippen molar-refractivity contribution in [3.8, 4) is 5.75 Å². The van der Waals surface area contributed by atoms with Crippen LogP contribution in [0.4, 0.5) is 11.4 Å². The maximum Gasteiger partial charge on any atom is 0.243 e. The number of rotatable bonds is 5. The van der Waals surface area contributed by atoms with E-state index in [1.165, 1.54) is 0 Å². The summed E-state index contributed by atoms with van der Waals surface area (Å²) in [4.78, 5) is 11.8. The maximum atomic E-state index is 11.8. The summed E-state index contributed by atoms with van der Waals surface area (Å²) in [6.07, 6.45) is 0. The molecule has 0 spiro atoms. The maximum absolute atomic E-state index is 11.8. The molecule has 1 amide bonds. The van der Waals surface area contributed by atoms with Gasteiger partial charge >= 0.3 is 0 Å². The summed E-state index contributed by atoms with van der Waals surface area (Å²) in [5.41, 5.74) is 1.54. The first kappa shape index (κ1) is 14.2. The number of nitrogens with one attached hydrogen (secondary N) is 2. The van der Waals surface area contributed by atoms with Crippen LogP contribution in [0.5, 0.6) is 5.75 Å². The van der Waals surface area contributed by atoms with Crippen molar-refractivity contribution in [2.45, 2.75) is 0 Å². The Balaban J connectivity index is 1.87. The molecule has 0 saturated carbocycles. The van der Waals surface area contributed by atoms with Gasteiger partial charge in [-0.15, -0.1) is 0 Å². The van der Waals surface area contributed by atoms with E-state index in [-0.39, 0.29) is 12.5 Å². The minimum Gasteiger partial charge on any atom is -0.497 e. The predicted octanol–water partition coefficient (Wildman–Crippen LogP) is 3.40. The van der Waals surface area contributed by atoms with Gasteiger partial charge in [0.25, 0.3) is 0 Å². The van der Waals surface area contributed by atoms with Crippen molar-refractivity contribution >= 4 is 28.9 Å². The Morgan fingerprint density at radius 1 is 1.15 bits per heavy atom. The molecule has 2 aromatic rings. The molecule has 2 N–H and O–H groups in total. The fourth-order valence-electron chi connectivity index (χ4n) is 1.66. The second kappa shape index (κ2) is 6.82. The summed E-state index contributed by atoms with van der Waals surface area (Å²) >= 11 is 5.79. The van der Waals surface area contributed by atoms with Gasteiger partial charge in [0.15, 0.2) is 0 Å². The standard InChI is InChI=1S/C15H15ClN2O2/c1-20-14-4-2-3-13(9-14)18-15(19)10-17-12-7-5-11(16)6-8-12/h2-9,17H,10H2,1H3,(H,18,19). The van der Waals surface area contributed by atoms with Crippen LogP contribution >= 0.6 is 11.6 Å². The van der Waals surface area contributed by atoms with E-state index in [9.17, 15) is 4.79 Å². The molecule has 0 aliphatic heterocycles. The van der Waals surface area contributed by atoms with Crippen LogP contribution in [0, 0.1) is 0 Å². The number of anilines is 2. The van der Waals surface area contributed by atoms with Crippen LogP contribution in [0.15, 0.2) is 48.5 Å². The zero-order valence-electron chi connectivity index (χ0n) is 11.0. The highest BCUT2D eigenvalue weighted by molar-refractivity contribution is 6.30. The van der Waals surface area contributed by atoms with Gasteiger partial charge in [0.05, 0.1) is 13.7 Å². The molecule has 4 nitrogen and oxygen atoms in total. The van der Waals surface area contributed by atoms with Crippen molar-refractivity contribution in [3.05, 3.63) is 53.6 Å². The number of benzene rings is 2. The van der Waals surface area contributed by atoms with Gasteiger partial charge in [0, 0.05) is 22.5 Å². The Labute approximate surface area is 122 Å². The normalized spacial score (nSPS) is 9.90. The van der Waals surface area contributed by atoms with E-state index in [0.717, 1.165) is 5.69 Å². The highest BCUT2D eigenvalue weighted by Crippen LogP contribution is 2.17. The van der Waals surface area contributed by atoms with Crippen molar-refractivity contribution in [3.63, 3.8) is 0 Å². The largest absolute Gasteiger partial charge is 0.497 e. The summed E-state index contributed by atoms with van der Waals surface area (Å²) in [6.45, 7) is 0.179. The molecule has 0 aliphatic carbocycles. The fraction of sp³-hybridized carbons (Fsp3) is 0.133. The number of carbonyl (C=O) groups is 1. The molecule has 0 aliphatic rings. The molecule has 2 rings (SSSR count). The molecule has 104 valence electrons. The van der Waals surface area contributed by atoms with Crippen LogP contribution in [-0.4, -0.2) is 19.6 Å². The molecule has 0 atom stereocenters. The molecule has 2 aromatic carbocycles. The summed E-state index contributed by atoms with van der Waals surface area (Å²) in [5.74, 6) is 0.571. The number of hydrogen-bond donors (Lipinski definition) is 2. The Hall–Kier alpha value is -2.20. The Kier molecular flexibility index (Phi) is 4.85. The molecule has 5 heteroatoms. The molecular formula is C15H15ClN2O2. The summed E-state index contributed by atoms with van der Waals surface area (Å²) in [7, 11) is 1.59. The molecule has 0 heterocycles. The van der Waals surface area contributed by atoms with Gasteiger partial charge < -0.3 is 15.4 Å². The van der Waals surface area contributed by atoms with E-state index < -0.39 is 0 Å². The molecule has 0 aromatic heterocycles. The van der Waals surface area contributed by atoms with Crippen molar-refractivity contribution in [2.75, 3.05) is 24.3 Å². The minimum absolute atomic E-state index is 0.131. The summed E-state index contributed by atoms with van der Waals surface area (Å²) < 4.78 is 5.10. The number of methoxy groups -OCH3 is 1. The fourth-order valence-corrected chi connectivity index (χ4v) is 1.78. The van der Waals surface area contributed by atoms with Gasteiger partial charge in [-0.25, -0.2) is 0 Å².